The van der Waals surface area contributed by atoms with Crippen LogP contribution in [-0.2, 0) is 14.3 Å². The molecule has 3 rings (SSSR count). The predicted octanol–water partition coefficient (Wildman–Crippen LogP) is 2.12. The largest absolute Gasteiger partial charge is 0.465 e. The first-order valence-electron chi connectivity index (χ1n) is 5.88. The van der Waals surface area contributed by atoms with Crippen molar-refractivity contribution < 1.29 is 14.3 Å². The average molecular weight is 310 g/mol. The van der Waals surface area contributed by atoms with E-state index in [9.17, 15) is 9.59 Å². The van der Waals surface area contributed by atoms with Gasteiger partial charge in [0, 0.05) is 23.1 Å². The Morgan fingerprint density at radius 1 is 1.17 bits per heavy atom. The normalized spacial score (nSPS) is 27.1. The second kappa shape index (κ2) is 4.09. The molecular formula is C13H12BrNO3. The van der Waals surface area contributed by atoms with E-state index in [1.807, 2.05) is 24.3 Å². The number of halogens is 1. The zero-order valence-corrected chi connectivity index (χ0v) is 11.3. The number of ether oxygens (including phenoxy) is 1. The van der Waals surface area contributed by atoms with Gasteiger partial charge in [0.15, 0.2) is 5.41 Å². The maximum absolute atomic E-state index is 12.4. The monoisotopic (exact) mass is 309 g/mol. The van der Waals surface area contributed by atoms with Gasteiger partial charge in [0.1, 0.15) is 0 Å². The Kier molecular flexibility index (Phi) is 2.66. The molecule has 0 saturated carbocycles. The first-order valence-corrected chi connectivity index (χ1v) is 6.67. The fraction of sp³-hybridized carbons (Fsp3) is 0.385. The fourth-order valence-corrected chi connectivity index (χ4v) is 2.88. The first kappa shape index (κ1) is 11.7. The summed E-state index contributed by atoms with van der Waals surface area (Å²) in [4.78, 5) is 25.9. The lowest BCUT2D eigenvalue weighted by atomic mass is 9.85. The van der Waals surface area contributed by atoms with Crippen LogP contribution in [0.2, 0.25) is 0 Å². The van der Waals surface area contributed by atoms with Crippen LogP contribution in [0.25, 0.3) is 0 Å². The summed E-state index contributed by atoms with van der Waals surface area (Å²) in [6.07, 6.45) is 1.07. The van der Waals surface area contributed by atoms with Gasteiger partial charge in [-0.2, -0.15) is 0 Å². The molecule has 1 aromatic carbocycles. The number of hydrogen-bond donors (Lipinski definition) is 0. The van der Waals surface area contributed by atoms with Crippen LogP contribution in [0.4, 0.5) is 5.69 Å². The molecular weight excluding hydrogens is 298 g/mol. The molecule has 0 bridgehead atoms. The van der Waals surface area contributed by atoms with Gasteiger partial charge in [-0.15, -0.1) is 0 Å². The van der Waals surface area contributed by atoms with Gasteiger partial charge in [-0.1, -0.05) is 15.9 Å². The Morgan fingerprint density at radius 3 is 2.50 bits per heavy atom. The molecule has 1 spiro atoms. The molecule has 2 aliphatic rings. The van der Waals surface area contributed by atoms with Gasteiger partial charge >= 0.3 is 5.97 Å². The van der Waals surface area contributed by atoms with Crippen molar-refractivity contribution in [3.05, 3.63) is 28.7 Å². The van der Waals surface area contributed by atoms with Crippen molar-refractivity contribution in [2.24, 2.45) is 5.41 Å². The molecule has 0 aromatic heterocycles. The summed E-state index contributed by atoms with van der Waals surface area (Å²) >= 11 is 3.36. The van der Waals surface area contributed by atoms with Crippen LogP contribution in [0.3, 0.4) is 0 Å². The van der Waals surface area contributed by atoms with Crippen molar-refractivity contribution in [1.29, 1.82) is 0 Å². The average Bonchev–Trinajstić information content (AvgIpc) is 2.89. The maximum Gasteiger partial charge on any atom is 0.321 e. The molecule has 5 heteroatoms. The van der Waals surface area contributed by atoms with Crippen LogP contribution in [0.1, 0.15) is 12.8 Å². The van der Waals surface area contributed by atoms with Gasteiger partial charge in [-0.05, 0) is 30.7 Å². The van der Waals surface area contributed by atoms with Crippen LogP contribution in [-0.4, -0.2) is 25.0 Å². The highest BCUT2D eigenvalue weighted by molar-refractivity contribution is 9.10. The van der Waals surface area contributed by atoms with Gasteiger partial charge in [-0.3, -0.25) is 9.59 Å². The van der Waals surface area contributed by atoms with Crippen LogP contribution in [0.15, 0.2) is 28.7 Å². The van der Waals surface area contributed by atoms with Crippen molar-refractivity contribution in [1.82, 2.24) is 0 Å². The summed E-state index contributed by atoms with van der Waals surface area (Å²) in [7, 11) is 0. The second-order valence-electron chi connectivity index (χ2n) is 4.65. The van der Waals surface area contributed by atoms with E-state index in [-0.39, 0.29) is 11.9 Å². The number of esters is 1. The number of cyclic esters (lactones) is 1. The number of benzene rings is 1. The molecule has 0 N–H and O–H groups in total. The first-order chi connectivity index (χ1) is 8.63. The zero-order chi connectivity index (χ0) is 12.8. The molecule has 1 amide bonds. The SMILES string of the molecule is O=C1OCCC12CCN(c1ccc(Br)cc1)C2=O. The number of hydrogen-bond acceptors (Lipinski definition) is 3. The number of nitrogens with zero attached hydrogens (tertiary/aromatic N) is 1. The number of rotatable bonds is 1. The van der Waals surface area contributed by atoms with Crippen molar-refractivity contribution >= 4 is 33.5 Å². The highest BCUT2D eigenvalue weighted by Gasteiger charge is 2.56. The van der Waals surface area contributed by atoms with E-state index in [0.29, 0.717) is 26.0 Å². The van der Waals surface area contributed by atoms with Crippen molar-refractivity contribution in [2.45, 2.75) is 12.8 Å². The summed E-state index contributed by atoms with van der Waals surface area (Å²) in [5.74, 6) is -0.473. The minimum Gasteiger partial charge on any atom is -0.465 e. The number of anilines is 1. The molecule has 1 atom stereocenters. The summed E-state index contributed by atoms with van der Waals surface area (Å²) in [6, 6.07) is 7.53. The molecule has 4 nitrogen and oxygen atoms in total. The van der Waals surface area contributed by atoms with E-state index in [1.54, 1.807) is 4.90 Å². The smallest absolute Gasteiger partial charge is 0.321 e. The van der Waals surface area contributed by atoms with Gasteiger partial charge in [0.05, 0.1) is 6.61 Å². The van der Waals surface area contributed by atoms with Crippen molar-refractivity contribution in [3.63, 3.8) is 0 Å². The summed E-state index contributed by atoms with van der Waals surface area (Å²) in [5, 5.41) is 0. The lowest BCUT2D eigenvalue weighted by Crippen LogP contribution is -2.37. The molecule has 1 unspecified atom stereocenters. The molecule has 0 radical (unpaired) electrons. The van der Waals surface area contributed by atoms with E-state index in [2.05, 4.69) is 15.9 Å². The molecule has 2 saturated heterocycles. The summed E-state index contributed by atoms with van der Waals surface area (Å²) < 4.78 is 5.94. The predicted molar refractivity (Wildman–Crippen MR) is 69.1 cm³/mol. The molecule has 2 fully saturated rings. The fourth-order valence-electron chi connectivity index (χ4n) is 2.62. The second-order valence-corrected chi connectivity index (χ2v) is 5.57. The molecule has 0 aliphatic carbocycles. The third-order valence-electron chi connectivity index (χ3n) is 3.71. The molecule has 1 aromatic rings. The number of carbonyl (C=O) groups is 2. The Morgan fingerprint density at radius 2 is 1.89 bits per heavy atom. The van der Waals surface area contributed by atoms with Crippen molar-refractivity contribution in [2.75, 3.05) is 18.1 Å². The van der Waals surface area contributed by atoms with E-state index in [0.717, 1.165) is 10.2 Å². The number of amides is 1. The Bertz CT molecular complexity index is 513. The maximum atomic E-state index is 12.4. The molecule has 2 heterocycles. The van der Waals surface area contributed by atoms with Gasteiger partial charge in [0.25, 0.3) is 0 Å². The summed E-state index contributed by atoms with van der Waals surface area (Å²) in [6.45, 7) is 0.939. The van der Waals surface area contributed by atoms with Gasteiger partial charge in [-0.25, -0.2) is 0 Å². The third-order valence-corrected chi connectivity index (χ3v) is 4.24. The van der Waals surface area contributed by atoms with Gasteiger partial charge < -0.3 is 9.64 Å². The van der Waals surface area contributed by atoms with E-state index < -0.39 is 5.41 Å². The lowest BCUT2D eigenvalue weighted by molar-refractivity contribution is -0.149. The standard InChI is InChI=1S/C13H12BrNO3/c14-9-1-3-10(4-2-9)15-7-5-13(11(15)16)6-8-18-12(13)17/h1-4H,5-8H2. The zero-order valence-electron chi connectivity index (χ0n) is 9.69. The Hall–Kier alpha value is -1.36. The van der Waals surface area contributed by atoms with Crippen LogP contribution in [0.5, 0.6) is 0 Å². The Balaban J connectivity index is 1.91. The van der Waals surface area contributed by atoms with E-state index in [4.69, 9.17) is 4.74 Å². The minimum atomic E-state index is -0.910. The lowest BCUT2D eigenvalue weighted by Gasteiger charge is -2.19. The minimum absolute atomic E-state index is 0.118. The molecule has 94 valence electrons. The quantitative estimate of drug-likeness (QED) is 0.590. The van der Waals surface area contributed by atoms with Crippen LogP contribution < -0.4 is 4.90 Å². The molecule has 2 aliphatic heterocycles. The summed E-state index contributed by atoms with van der Waals surface area (Å²) in [5.41, 5.74) is -0.0765. The molecule has 18 heavy (non-hydrogen) atoms. The van der Waals surface area contributed by atoms with E-state index >= 15 is 0 Å². The van der Waals surface area contributed by atoms with E-state index in [1.165, 1.54) is 0 Å². The third kappa shape index (κ3) is 1.57. The van der Waals surface area contributed by atoms with Gasteiger partial charge in [0.2, 0.25) is 5.91 Å². The number of carbonyl (C=O) groups excluding carboxylic acids is 2. The Labute approximate surface area is 113 Å². The van der Waals surface area contributed by atoms with Crippen LogP contribution in [0, 0.1) is 5.41 Å². The topological polar surface area (TPSA) is 46.6 Å². The highest BCUT2D eigenvalue weighted by Crippen LogP contribution is 2.42. The van der Waals surface area contributed by atoms with Crippen molar-refractivity contribution in [3.8, 4) is 0 Å². The highest BCUT2D eigenvalue weighted by atomic mass is 79.9. The van der Waals surface area contributed by atoms with Crippen LogP contribution >= 0.6 is 15.9 Å².